The predicted octanol–water partition coefficient (Wildman–Crippen LogP) is 6.50. The van der Waals surface area contributed by atoms with Crippen molar-refractivity contribution in [3.05, 3.63) is 95.5 Å². The molecule has 0 radical (unpaired) electrons. The van der Waals surface area contributed by atoms with E-state index in [2.05, 4.69) is 65.3 Å². The maximum atomic E-state index is 5.18. The highest BCUT2D eigenvalue weighted by atomic mass is 32.1. The second kappa shape index (κ2) is 9.64. The number of nitrogens with zero attached hydrogens (tertiary/aromatic N) is 5. The molecule has 0 amide bonds. The normalized spacial score (nSPS) is 16.5. The van der Waals surface area contributed by atoms with E-state index < -0.39 is 0 Å². The minimum Gasteiger partial charge on any atom is -0.296 e. The van der Waals surface area contributed by atoms with Crippen LogP contribution in [0.5, 0.6) is 0 Å². The molecule has 6 heteroatoms. The van der Waals surface area contributed by atoms with Crippen LogP contribution in [0.1, 0.15) is 35.0 Å². The van der Waals surface area contributed by atoms with E-state index in [4.69, 9.17) is 15.0 Å². The molecule has 1 atom stereocenters. The second-order valence-electron chi connectivity index (χ2n) is 9.19. The Balaban J connectivity index is 1.34. The van der Waals surface area contributed by atoms with Crippen LogP contribution >= 0.6 is 11.3 Å². The van der Waals surface area contributed by atoms with Gasteiger partial charge in [-0.05, 0) is 61.7 Å². The first-order chi connectivity index (χ1) is 17.2. The molecule has 0 N–H and O–H groups in total. The topological polar surface area (TPSA) is 54.8 Å². The van der Waals surface area contributed by atoms with Gasteiger partial charge in [0.05, 0.1) is 22.5 Å². The van der Waals surface area contributed by atoms with Gasteiger partial charge in [0.25, 0.3) is 0 Å². The van der Waals surface area contributed by atoms with Gasteiger partial charge in [-0.25, -0.2) is 15.0 Å². The number of benzene rings is 2. The molecule has 0 spiro atoms. The summed E-state index contributed by atoms with van der Waals surface area (Å²) in [6, 6.07) is 20.9. The van der Waals surface area contributed by atoms with E-state index in [1.54, 1.807) is 23.7 Å². The van der Waals surface area contributed by atoms with Gasteiger partial charge in [0.2, 0.25) is 0 Å². The Labute approximate surface area is 209 Å². The lowest BCUT2D eigenvalue weighted by molar-refractivity contribution is 0.198. The van der Waals surface area contributed by atoms with E-state index in [1.165, 1.54) is 20.8 Å². The lowest BCUT2D eigenvalue weighted by Crippen LogP contribution is -2.34. The largest absolute Gasteiger partial charge is 0.296 e. The maximum absolute atomic E-state index is 5.18. The van der Waals surface area contributed by atoms with Crippen molar-refractivity contribution in [1.29, 1.82) is 0 Å². The van der Waals surface area contributed by atoms with Crippen LogP contribution < -0.4 is 0 Å². The molecule has 1 aliphatic heterocycles. The highest BCUT2D eigenvalue weighted by Gasteiger charge is 2.27. The molecule has 0 aliphatic carbocycles. The van der Waals surface area contributed by atoms with Crippen LogP contribution in [0.25, 0.3) is 32.7 Å². The van der Waals surface area contributed by atoms with Crippen molar-refractivity contribution in [3.63, 3.8) is 0 Å². The predicted molar refractivity (Wildman–Crippen MR) is 142 cm³/mol. The molecule has 174 valence electrons. The molecule has 35 heavy (non-hydrogen) atoms. The number of rotatable bonds is 5. The van der Waals surface area contributed by atoms with E-state index in [1.807, 2.05) is 18.3 Å². The van der Waals surface area contributed by atoms with Crippen LogP contribution in [0, 0.1) is 6.92 Å². The van der Waals surface area contributed by atoms with Gasteiger partial charge < -0.3 is 0 Å². The first kappa shape index (κ1) is 22.0. The van der Waals surface area contributed by atoms with Crippen molar-refractivity contribution in [3.8, 4) is 22.5 Å². The summed E-state index contributed by atoms with van der Waals surface area (Å²) in [6.45, 7) is 5.12. The van der Waals surface area contributed by atoms with E-state index in [-0.39, 0.29) is 0 Å². The van der Waals surface area contributed by atoms with E-state index in [9.17, 15) is 0 Å². The van der Waals surface area contributed by atoms with Gasteiger partial charge in [-0.15, -0.1) is 11.3 Å². The zero-order valence-corrected chi connectivity index (χ0v) is 20.6. The van der Waals surface area contributed by atoms with Crippen LogP contribution in [0.4, 0.5) is 0 Å². The number of pyridine rings is 1. The lowest BCUT2D eigenvalue weighted by atomic mass is 9.88. The molecule has 0 bridgehead atoms. The van der Waals surface area contributed by atoms with E-state index >= 15 is 0 Å². The highest BCUT2D eigenvalue weighted by Crippen LogP contribution is 2.36. The van der Waals surface area contributed by atoms with Crippen LogP contribution in [0.3, 0.4) is 0 Å². The Kier molecular flexibility index (Phi) is 6.06. The number of hydrogen-bond acceptors (Lipinski definition) is 6. The molecule has 5 nitrogen and oxygen atoms in total. The smallest absolute Gasteiger partial charge is 0.159 e. The van der Waals surface area contributed by atoms with Gasteiger partial charge in [-0.1, -0.05) is 36.4 Å². The summed E-state index contributed by atoms with van der Waals surface area (Å²) < 4.78 is 1.26. The Morgan fingerprint density at radius 2 is 1.77 bits per heavy atom. The second-order valence-corrected chi connectivity index (χ2v) is 10.3. The molecule has 0 unspecified atom stereocenters. The summed E-state index contributed by atoms with van der Waals surface area (Å²) in [4.78, 5) is 21.5. The number of thiazole rings is 1. The van der Waals surface area contributed by atoms with Crippen molar-refractivity contribution in [2.75, 3.05) is 13.1 Å². The van der Waals surface area contributed by atoms with Gasteiger partial charge in [-0.3, -0.25) is 9.88 Å². The molecule has 5 aromatic rings. The van der Waals surface area contributed by atoms with Crippen LogP contribution in [0.2, 0.25) is 0 Å². The number of likely N-dealkylation sites (tertiary alicyclic amines) is 1. The lowest BCUT2D eigenvalue weighted by Gasteiger charge is -2.33. The molecule has 1 aliphatic rings. The SMILES string of the molecule is Cc1ccccc1-c1cnc(-c2ccncc2)nc1[C@@H]1CCCN(Cc2nc3ccccc3s2)C1. The van der Waals surface area contributed by atoms with Crippen LogP contribution in [-0.2, 0) is 6.54 Å². The quantitative estimate of drug-likeness (QED) is 0.289. The molecule has 4 heterocycles. The Morgan fingerprint density at radius 3 is 2.63 bits per heavy atom. The monoisotopic (exact) mass is 477 g/mol. The molecule has 6 rings (SSSR count). The molecule has 0 saturated carbocycles. The first-order valence-electron chi connectivity index (χ1n) is 12.1. The van der Waals surface area contributed by atoms with Gasteiger partial charge >= 0.3 is 0 Å². The fourth-order valence-corrected chi connectivity index (χ4v) is 6.04. The first-order valence-corrected chi connectivity index (χ1v) is 13.0. The third kappa shape index (κ3) is 4.59. The zero-order chi connectivity index (χ0) is 23.6. The Morgan fingerprint density at radius 1 is 0.943 bits per heavy atom. The van der Waals surface area contributed by atoms with Gasteiger partial charge in [-0.2, -0.15) is 0 Å². The van der Waals surface area contributed by atoms with Crippen LogP contribution in [-0.4, -0.2) is 37.9 Å². The maximum Gasteiger partial charge on any atom is 0.159 e. The standard InChI is InChI=1S/C29H27N5S/c1-20-7-2-3-9-23(20)24-17-31-29(21-12-14-30-15-13-21)33-28(24)22-8-6-16-34(18-22)19-27-32-25-10-4-5-11-26(25)35-27/h2-5,7,9-15,17,22H,6,8,16,18-19H2,1H3/t22-/m1/s1. The van der Waals surface area contributed by atoms with Crippen molar-refractivity contribution < 1.29 is 0 Å². The van der Waals surface area contributed by atoms with Crippen LogP contribution in [0.15, 0.2) is 79.3 Å². The summed E-state index contributed by atoms with van der Waals surface area (Å²) in [5.74, 6) is 1.11. The van der Waals surface area contributed by atoms with E-state index in [0.717, 1.165) is 60.6 Å². The Bertz CT molecular complexity index is 1430. The number of aromatic nitrogens is 4. The summed E-state index contributed by atoms with van der Waals surface area (Å²) in [7, 11) is 0. The molecular weight excluding hydrogens is 450 g/mol. The third-order valence-corrected chi connectivity index (χ3v) is 7.80. The molecule has 1 saturated heterocycles. The number of aryl methyl sites for hydroxylation is 1. The van der Waals surface area contributed by atoms with E-state index in [0.29, 0.717) is 5.92 Å². The van der Waals surface area contributed by atoms with Gasteiger partial charge in [0, 0.05) is 42.2 Å². The summed E-state index contributed by atoms with van der Waals surface area (Å²) in [5, 5.41) is 1.19. The summed E-state index contributed by atoms with van der Waals surface area (Å²) >= 11 is 1.81. The average Bonchev–Trinajstić information content (AvgIpc) is 3.32. The van der Waals surface area contributed by atoms with Crippen molar-refractivity contribution in [2.24, 2.45) is 0 Å². The minimum atomic E-state index is 0.344. The minimum absolute atomic E-state index is 0.344. The number of para-hydroxylation sites is 1. The molecular formula is C29H27N5S. The third-order valence-electron chi connectivity index (χ3n) is 6.78. The summed E-state index contributed by atoms with van der Waals surface area (Å²) in [5.41, 5.74) is 6.85. The molecule has 2 aromatic carbocycles. The molecule has 1 fully saturated rings. The highest BCUT2D eigenvalue weighted by molar-refractivity contribution is 7.18. The number of fused-ring (bicyclic) bond motifs is 1. The number of piperidine rings is 1. The van der Waals surface area contributed by atoms with Gasteiger partial charge in [0.15, 0.2) is 5.82 Å². The summed E-state index contributed by atoms with van der Waals surface area (Å²) in [6.07, 6.45) is 7.90. The molecule has 3 aromatic heterocycles. The zero-order valence-electron chi connectivity index (χ0n) is 19.8. The number of hydrogen-bond donors (Lipinski definition) is 0. The fraction of sp³-hybridized carbons (Fsp3) is 0.241. The fourth-order valence-electron chi connectivity index (χ4n) is 5.03. The average molecular weight is 478 g/mol. The Hall–Kier alpha value is -3.48. The van der Waals surface area contributed by atoms with Crippen molar-refractivity contribution in [1.82, 2.24) is 24.8 Å². The van der Waals surface area contributed by atoms with Crippen molar-refractivity contribution >= 4 is 21.6 Å². The van der Waals surface area contributed by atoms with Crippen molar-refractivity contribution in [2.45, 2.75) is 32.2 Å². The van der Waals surface area contributed by atoms with Gasteiger partial charge in [0.1, 0.15) is 5.01 Å².